The number of piperidine rings is 1. The van der Waals surface area contributed by atoms with Crippen LogP contribution >= 0.6 is 11.6 Å². The van der Waals surface area contributed by atoms with Crippen molar-refractivity contribution in [3.63, 3.8) is 0 Å². The Labute approximate surface area is 116 Å². The molecule has 1 aromatic rings. The van der Waals surface area contributed by atoms with E-state index in [2.05, 4.69) is 4.90 Å². The second-order valence-electron chi connectivity index (χ2n) is 4.84. The van der Waals surface area contributed by atoms with Gasteiger partial charge in [0.15, 0.2) is 0 Å². The number of rotatable bonds is 4. The summed E-state index contributed by atoms with van der Waals surface area (Å²) in [6.07, 6.45) is 3.23. The first kappa shape index (κ1) is 14.2. The summed E-state index contributed by atoms with van der Waals surface area (Å²) in [5, 5.41) is 20.4. The van der Waals surface area contributed by atoms with E-state index in [1.807, 2.05) is 0 Å². The van der Waals surface area contributed by atoms with Gasteiger partial charge in [-0.2, -0.15) is 0 Å². The minimum Gasteiger partial charge on any atom is -0.395 e. The Morgan fingerprint density at radius 1 is 1.47 bits per heavy atom. The number of nitrogens with zero attached hydrogens (tertiary/aromatic N) is 2. The monoisotopic (exact) mass is 284 g/mol. The van der Waals surface area contributed by atoms with E-state index in [9.17, 15) is 15.2 Å². The highest BCUT2D eigenvalue weighted by atomic mass is 35.5. The molecule has 0 aromatic heterocycles. The molecular weight excluding hydrogens is 268 g/mol. The van der Waals surface area contributed by atoms with Crippen molar-refractivity contribution < 1.29 is 10.0 Å². The molecular formula is C13H17ClN2O3. The second-order valence-corrected chi connectivity index (χ2v) is 5.24. The molecule has 1 aromatic carbocycles. The van der Waals surface area contributed by atoms with Crippen molar-refractivity contribution in [1.29, 1.82) is 0 Å². The lowest BCUT2D eigenvalue weighted by molar-refractivity contribution is -0.384. The molecule has 104 valence electrons. The third-order valence-corrected chi connectivity index (χ3v) is 3.93. The quantitative estimate of drug-likeness (QED) is 0.682. The molecule has 1 atom stereocenters. The van der Waals surface area contributed by atoms with Gasteiger partial charge in [0.05, 0.1) is 16.6 Å². The number of non-ortho nitro benzene ring substituents is 1. The largest absolute Gasteiger partial charge is 0.395 e. The summed E-state index contributed by atoms with van der Waals surface area (Å²) in [5.41, 5.74) is 0.874. The minimum atomic E-state index is -0.451. The van der Waals surface area contributed by atoms with E-state index in [-0.39, 0.29) is 18.3 Å². The van der Waals surface area contributed by atoms with Crippen LogP contribution in [0, 0.1) is 10.1 Å². The average molecular weight is 285 g/mol. The highest BCUT2D eigenvalue weighted by molar-refractivity contribution is 6.31. The first-order valence-electron chi connectivity index (χ1n) is 6.39. The number of aliphatic hydroxyl groups is 1. The molecule has 1 fully saturated rings. The SMILES string of the molecule is O=[N+]([O-])c1ccc(CN2CCCCC2CO)c(Cl)c1. The topological polar surface area (TPSA) is 66.6 Å². The van der Waals surface area contributed by atoms with Crippen molar-refractivity contribution in [2.75, 3.05) is 13.2 Å². The number of hydrogen-bond acceptors (Lipinski definition) is 4. The number of halogens is 1. The van der Waals surface area contributed by atoms with E-state index in [0.29, 0.717) is 11.6 Å². The summed E-state index contributed by atoms with van der Waals surface area (Å²) in [5.74, 6) is 0. The molecule has 1 unspecified atom stereocenters. The van der Waals surface area contributed by atoms with Gasteiger partial charge in [-0.3, -0.25) is 15.0 Å². The molecule has 0 radical (unpaired) electrons. The Kier molecular flexibility index (Phi) is 4.74. The average Bonchev–Trinajstić information content (AvgIpc) is 2.41. The Morgan fingerprint density at radius 2 is 2.26 bits per heavy atom. The summed E-state index contributed by atoms with van der Waals surface area (Å²) in [6, 6.07) is 4.72. The molecule has 19 heavy (non-hydrogen) atoms. The molecule has 0 aliphatic carbocycles. The highest BCUT2D eigenvalue weighted by Gasteiger charge is 2.22. The molecule has 5 nitrogen and oxygen atoms in total. The zero-order valence-corrected chi connectivity index (χ0v) is 11.3. The third kappa shape index (κ3) is 3.43. The van der Waals surface area contributed by atoms with Crippen LogP contribution in [0.15, 0.2) is 18.2 Å². The minimum absolute atomic E-state index is 0.00565. The molecule has 1 heterocycles. The second kappa shape index (κ2) is 6.32. The van der Waals surface area contributed by atoms with Crippen LogP contribution in [-0.2, 0) is 6.54 Å². The fourth-order valence-electron chi connectivity index (χ4n) is 2.47. The first-order valence-corrected chi connectivity index (χ1v) is 6.77. The van der Waals surface area contributed by atoms with Gasteiger partial charge in [0.2, 0.25) is 0 Å². The van der Waals surface area contributed by atoms with Gasteiger partial charge < -0.3 is 5.11 Å². The maximum atomic E-state index is 10.7. The van der Waals surface area contributed by atoms with Gasteiger partial charge in [-0.15, -0.1) is 0 Å². The summed E-state index contributed by atoms with van der Waals surface area (Å²) >= 11 is 6.09. The van der Waals surface area contributed by atoms with E-state index in [4.69, 9.17) is 11.6 Å². The third-order valence-electron chi connectivity index (χ3n) is 3.58. The molecule has 1 saturated heterocycles. The zero-order valence-electron chi connectivity index (χ0n) is 10.6. The Balaban J connectivity index is 2.11. The van der Waals surface area contributed by atoms with Crippen LogP contribution in [0.3, 0.4) is 0 Å². The van der Waals surface area contributed by atoms with E-state index in [1.54, 1.807) is 6.07 Å². The molecule has 1 aliphatic rings. The van der Waals surface area contributed by atoms with Crippen molar-refractivity contribution in [2.45, 2.75) is 31.8 Å². The number of hydrogen-bond donors (Lipinski definition) is 1. The zero-order chi connectivity index (χ0) is 13.8. The van der Waals surface area contributed by atoms with Gasteiger partial charge in [0, 0.05) is 24.7 Å². The van der Waals surface area contributed by atoms with Gasteiger partial charge in [-0.25, -0.2) is 0 Å². The summed E-state index contributed by atoms with van der Waals surface area (Å²) < 4.78 is 0. The van der Waals surface area contributed by atoms with Gasteiger partial charge in [-0.05, 0) is 31.0 Å². The maximum Gasteiger partial charge on any atom is 0.270 e. The lowest BCUT2D eigenvalue weighted by atomic mass is 10.0. The van der Waals surface area contributed by atoms with Crippen molar-refractivity contribution in [1.82, 2.24) is 4.90 Å². The van der Waals surface area contributed by atoms with Crippen LogP contribution in [0.4, 0.5) is 5.69 Å². The van der Waals surface area contributed by atoms with Crippen molar-refractivity contribution in [3.05, 3.63) is 38.9 Å². The van der Waals surface area contributed by atoms with E-state index >= 15 is 0 Å². The Bertz CT molecular complexity index is 467. The molecule has 0 spiro atoms. The van der Waals surface area contributed by atoms with E-state index in [0.717, 1.165) is 31.4 Å². The normalized spacial score (nSPS) is 20.4. The van der Waals surface area contributed by atoms with Crippen LogP contribution < -0.4 is 0 Å². The lowest BCUT2D eigenvalue weighted by Gasteiger charge is -2.34. The van der Waals surface area contributed by atoms with E-state index < -0.39 is 4.92 Å². The van der Waals surface area contributed by atoms with Crippen LogP contribution in [0.25, 0.3) is 0 Å². The molecule has 1 N–H and O–H groups in total. The van der Waals surface area contributed by atoms with Crippen molar-refractivity contribution in [3.8, 4) is 0 Å². The van der Waals surface area contributed by atoms with Crippen molar-refractivity contribution in [2.24, 2.45) is 0 Å². The van der Waals surface area contributed by atoms with Gasteiger partial charge in [0.1, 0.15) is 0 Å². The summed E-state index contributed by atoms with van der Waals surface area (Å²) in [7, 11) is 0. The smallest absolute Gasteiger partial charge is 0.270 e. The van der Waals surface area contributed by atoms with E-state index in [1.165, 1.54) is 12.1 Å². The number of benzene rings is 1. The summed E-state index contributed by atoms with van der Waals surface area (Å²) in [4.78, 5) is 12.4. The molecule has 0 bridgehead atoms. The van der Waals surface area contributed by atoms with Crippen LogP contribution in [-0.4, -0.2) is 34.1 Å². The molecule has 0 amide bonds. The fourth-order valence-corrected chi connectivity index (χ4v) is 2.71. The highest BCUT2D eigenvalue weighted by Crippen LogP contribution is 2.26. The maximum absolute atomic E-state index is 10.7. The molecule has 1 aliphatic heterocycles. The predicted octanol–water partition coefficient (Wildman–Crippen LogP) is 2.60. The number of likely N-dealkylation sites (tertiary alicyclic amines) is 1. The van der Waals surface area contributed by atoms with Gasteiger partial charge >= 0.3 is 0 Å². The van der Waals surface area contributed by atoms with Crippen molar-refractivity contribution >= 4 is 17.3 Å². The number of nitro groups is 1. The summed E-state index contributed by atoms with van der Waals surface area (Å²) in [6.45, 7) is 1.70. The number of aliphatic hydroxyl groups excluding tert-OH is 1. The Morgan fingerprint density at radius 3 is 2.89 bits per heavy atom. The molecule has 6 heteroatoms. The number of nitro benzene ring substituents is 1. The molecule has 2 rings (SSSR count). The Hall–Kier alpha value is -1.17. The molecule has 0 saturated carbocycles. The predicted molar refractivity (Wildman–Crippen MR) is 73.2 cm³/mol. The van der Waals surface area contributed by atoms with Gasteiger partial charge in [0.25, 0.3) is 5.69 Å². The van der Waals surface area contributed by atoms with Gasteiger partial charge in [-0.1, -0.05) is 18.0 Å². The first-order chi connectivity index (χ1) is 9.11. The standard InChI is InChI=1S/C13H17ClN2O3/c14-13-7-11(16(18)19)5-4-10(13)8-15-6-2-1-3-12(15)9-17/h4-5,7,12,17H,1-3,6,8-9H2. The fraction of sp³-hybridized carbons (Fsp3) is 0.538. The lowest BCUT2D eigenvalue weighted by Crippen LogP contribution is -2.41. The van der Waals surface area contributed by atoms with Crippen LogP contribution in [0.5, 0.6) is 0 Å². The van der Waals surface area contributed by atoms with Crippen LogP contribution in [0.2, 0.25) is 5.02 Å². The van der Waals surface area contributed by atoms with Crippen LogP contribution in [0.1, 0.15) is 24.8 Å².